The van der Waals surface area contributed by atoms with Crippen LogP contribution in [0.5, 0.6) is 0 Å². The lowest BCUT2D eigenvalue weighted by atomic mass is 10.1. The normalized spacial score (nSPS) is 13.8. The van der Waals surface area contributed by atoms with Gasteiger partial charge in [-0.2, -0.15) is 0 Å². The molecule has 88 valence electrons. The van der Waals surface area contributed by atoms with Crippen molar-refractivity contribution in [3.8, 4) is 0 Å². The van der Waals surface area contributed by atoms with Crippen molar-refractivity contribution in [2.45, 2.75) is 19.4 Å². The number of alkyl halides is 1. The van der Waals surface area contributed by atoms with Crippen LogP contribution in [0.15, 0.2) is 41.4 Å². The van der Waals surface area contributed by atoms with Gasteiger partial charge in [0, 0.05) is 24.0 Å². The smallest absolute Gasteiger partial charge is 0.0380 e. The van der Waals surface area contributed by atoms with Crippen molar-refractivity contribution in [1.82, 2.24) is 5.32 Å². The Labute approximate surface area is 107 Å². The average Bonchev–Trinajstić information content (AvgIpc) is 2.35. The molecular weight excluding hydrogens is 241 g/mol. The molecule has 0 radical (unpaired) electrons. The van der Waals surface area contributed by atoms with Crippen molar-refractivity contribution in [2.24, 2.45) is 0 Å². The third kappa shape index (κ3) is 5.02. The van der Waals surface area contributed by atoms with Gasteiger partial charge < -0.3 is 5.32 Å². The number of benzene rings is 1. The van der Waals surface area contributed by atoms with Gasteiger partial charge in [-0.1, -0.05) is 41.9 Å². The van der Waals surface area contributed by atoms with Gasteiger partial charge in [-0.15, -0.1) is 11.6 Å². The zero-order valence-corrected chi connectivity index (χ0v) is 10.9. The molecular formula is C13H17Cl2N. The molecule has 0 aliphatic heterocycles. The monoisotopic (exact) mass is 257 g/mol. The van der Waals surface area contributed by atoms with Crippen LogP contribution in [0.1, 0.15) is 12.5 Å². The Balaban J connectivity index is 2.43. The first-order valence-corrected chi connectivity index (χ1v) is 6.32. The van der Waals surface area contributed by atoms with E-state index in [9.17, 15) is 0 Å². The topological polar surface area (TPSA) is 12.0 Å². The number of rotatable bonds is 6. The van der Waals surface area contributed by atoms with Gasteiger partial charge in [0.05, 0.1) is 0 Å². The van der Waals surface area contributed by atoms with Gasteiger partial charge in [0.25, 0.3) is 0 Å². The lowest BCUT2D eigenvalue weighted by Crippen LogP contribution is -2.33. The van der Waals surface area contributed by atoms with Crippen LogP contribution in [-0.2, 0) is 6.42 Å². The standard InChI is InChI=1S/C13H17Cl2N/c1-11(8-14)10-16-13(9-15)7-12-5-3-2-4-6-12/h2-6,8,13,16H,7,9-10H2,1H3/b11-8-. The van der Waals surface area contributed by atoms with Crippen molar-refractivity contribution in [2.75, 3.05) is 12.4 Å². The Hall–Kier alpha value is -0.500. The second-order valence-electron chi connectivity index (χ2n) is 3.88. The average molecular weight is 258 g/mol. The Morgan fingerprint density at radius 3 is 2.62 bits per heavy atom. The molecule has 0 amide bonds. The summed E-state index contributed by atoms with van der Waals surface area (Å²) in [6.45, 7) is 2.78. The summed E-state index contributed by atoms with van der Waals surface area (Å²) in [4.78, 5) is 0. The highest BCUT2D eigenvalue weighted by molar-refractivity contribution is 6.25. The highest BCUT2D eigenvalue weighted by atomic mass is 35.5. The molecule has 1 aromatic carbocycles. The fourth-order valence-electron chi connectivity index (χ4n) is 1.42. The summed E-state index contributed by atoms with van der Waals surface area (Å²) in [5.41, 5.74) is 4.01. The van der Waals surface area contributed by atoms with Gasteiger partial charge in [-0.25, -0.2) is 0 Å². The van der Waals surface area contributed by atoms with E-state index in [2.05, 4.69) is 17.4 Å². The molecule has 0 aliphatic rings. The van der Waals surface area contributed by atoms with Crippen LogP contribution in [0.3, 0.4) is 0 Å². The summed E-state index contributed by atoms with van der Waals surface area (Å²) < 4.78 is 0. The van der Waals surface area contributed by atoms with Gasteiger partial charge in [0.1, 0.15) is 0 Å². The van der Waals surface area contributed by atoms with Crippen molar-refractivity contribution in [3.63, 3.8) is 0 Å². The Kier molecular flexibility index (Phi) is 6.55. The third-order valence-corrected chi connectivity index (χ3v) is 3.11. The maximum Gasteiger partial charge on any atom is 0.0380 e. The van der Waals surface area contributed by atoms with Crippen molar-refractivity contribution >= 4 is 23.2 Å². The van der Waals surface area contributed by atoms with E-state index in [0.29, 0.717) is 5.88 Å². The van der Waals surface area contributed by atoms with Crippen LogP contribution < -0.4 is 5.32 Å². The van der Waals surface area contributed by atoms with Crippen LogP contribution in [0.2, 0.25) is 0 Å². The number of hydrogen-bond donors (Lipinski definition) is 1. The number of hydrogen-bond acceptors (Lipinski definition) is 1. The maximum atomic E-state index is 5.93. The molecule has 3 heteroatoms. The minimum atomic E-state index is 0.288. The molecule has 0 bridgehead atoms. The van der Waals surface area contributed by atoms with E-state index >= 15 is 0 Å². The first-order valence-electron chi connectivity index (χ1n) is 5.35. The van der Waals surface area contributed by atoms with Crippen molar-refractivity contribution < 1.29 is 0 Å². The molecule has 1 N–H and O–H groups in total. The molecule has 16 heavy (non-hydrogen) atoms. The quantitative estimate of drug-likeness (QED) is 0.769. The minimum Gasteiger partial charge on any atom is -0.309 e. The van der Waals surface area contributed by atoms with Crippen LogP contribution in [0.25, 0.3) is 0 Å². The number of nitrogens with one attached hydrogen (secondary N) is 1. The lowest BCUT2D eigenvalue weighted by Gasteiger charge is -2.16. The maximum absolute atomic E-state index is 5.93. The van der Waals surface area contributed by atoms with E-state index in [1.54, 1.807) is 5.54 Å². The highest BCUT2D eigenvalue weighted by Gasteiger charge is 2.07. The first kappa shape index (κ1) is 13.6. The summed E-state index contributed by atoms with van der Waals surface area (Å²) in [5.74, 6) is 0.602. The molecule has 1 atom stereocenters. The largest absolute Gasteiger partial charge is 0.309 e. The van der Waals surface area contributed by atoms with E-state index in [-0.39, 0.29) is 6.04 Å². The molecule has 1 nitrogen and oxygen atoms in total. The molecule has 1 rings (SSSR count). The second-order valence-corrected chi connectivity index (χ2v) is 4.40. The molecule has 0 saturated carbocycles. The fraction of sp³-hybridized carbons (Fsp3) is 0.385. The Bertz CT molecular complexity index is 322. The zero-order valence-electron chi connectivity index (χ0n) is 9.42. The van der Waals surface area contributed by atoms with Crippen molar-refractivity contribution in [1.29, 1.82) is 0 Å². The van der Waals surface area contributed by atoms with Crippen molar-refractivity contribution in [3.05, 3.63) is 47.0 Å². The first-order chi connectivity index (χ1) is 7.76. The predicted octanol–water partition coefficient (Wildman–Crippen LogP) is 3.57. The van der Waals surface area contributed by atoms with Crippen LogP contribution in [0, 0.1) is 0 Å². The highest BCUT2D eigenvalue weighted by Crippen LogP contribution is 2.05. The van der Waals surface area contributed by atoms with E-state index < -0.39 is 0 Å². The molecule has 1 aromatic rings. The predicted molar refractivity (Wildman–Crippen MR) is 72.3 cm³/mol. The summed E-state index contributed by atoms with van der Waals surface area (Å²) in [6.07, 6.45) is 0.944. The third-order valence-electron chi connectivity index (χ3n) is 2.37. The molecule has 0 saturated heterocycles. The summed E-state index contributed by atoms with van der Waals surface area (Å²) in [7, 11) is 0. The Morgan fingerprint density at radius 1 is 1.38 bits per heavy atom. The summed E-state index contributed by atoms with van der Waals surface area (Å²) in [5, 5.41) is 3.38. The van der Waals surface area contributed by atoms with E-state index in [4.69, 9.17) is 23.2 Å². The fourth-order valence-corrected chi connectivity index (χ4v) is 1.72. The van der Waals surface area contributed by atoms with E-state index in [0.717, 1.165) is 18.5 Å². The zero-order chi connectivity index (χ0) is 11.8. The van der Waals surface area contributed by atoms with Crippen LogP contribution in [-0.4, -0.2) is 18.5 Å². The molecule has 0 aromatic heterocycles. The SMILES string of the molecule is C/C(=C/Cl)CNC(CCl)Cc1ccccc1. The van der Waals surface area contributed by atoms with Gasteiger partial charge in [0.15, 0.2) is 0 Å². The lowest BCUT2D eigenvalue weighted by molar-refractivity contribution is 0.577. The van der Waals surface area contributed by atoms with Gasteiger partial charge in [-0.05, 0) is 24.5 Å². The Morgan fingerprint density at radius 2 is 2.06 bits per heavy atom. The van der Waals surface area contributed by atoms with Gasteiger partial charge in [0.2, 0.25) is 0 Å². The second kappa shape index (κ2) is 7.72. The van der Waals surface area contributed by atoms with E-state index in [1.165, 1.54) is 5.56 Å². The van der Waals surface area contributed by atoms with Gasteiger partial charge >= 0.3 is 0 Å². The molecule has 0 fully saturated rings. The van der Waals surface area contributed by atoms with E-state index in [1.807, 2.05) is 25.1 Å². The van der Waals surface area contributed by atoms with Crippen LogP contribution in [0.4, 0.5) is 0 Å². The summed E-state index contributed by atoms with van der Waals surface area (Å²) >= 11 is 11.5. The molecule has 1 unspecified atom stereocenters. The molecule has 0 heterocycles. The molecule has 0 spiro atoms. The van der Waals surface area contributed by atoms with Gasteiger partial charge in [-0.3, -0.25) is 0 Å². The summed E-state index contributed by atoms with van der Waals surface area (Å²) in [6, 6.07) is 10.6. The minimum absolute atomic E-state index is 0.288. The molecule has 0 aliphatic carbocycles. The number of halogens is 2. The van der Waals surface area contributed by atoms with Crippen LogP contribution >= 0.6 is 23.2 Å².